The first kappa shape index (κ1) is 11.9. The lowest BCUT2D eigenvalue weighted by Crippen LogP contribution is -2.36. The minimum Gasteiger partial charge on any atom is -0.358 e. The van der Waals surface area contributed by atoms with Crippen LogP contribution in [-0.4, -0.2) is 38.5 Å². The molecule has 0 bridgehead atoms. The van der Waals surface area contributed by atoms with E-state index in [1.54, 1.807) is 0 Å². The normalized spacial score (nSPS) is 9.38. The third-order valence-electron chi connectivity index (χ3n) is 1.50. The standard InChI is InChI=1S/C8H17N3O2/c1-3-10-5-4-7(12)11-6-8(13)9-2/h10H,3-6H2,1-2H3,(H,9,13)(H,11,12). The van der Waals surface area contributed by atoms with Crippen molar-refractivity contribution in [1.29, 1.82) is 0 Å². The molecule has 5 nitrogen and oxygen atoms in total. The second-order valence-corrected chi connectivity index (χ2v) is 2.55. The summed E-state index contributed by atoms with van der Waals surface area (Å²) in [5.41, 5.74) is 0. The molecular formula is C8H17N3O2. The van der Waals surface area contributed by atoms with Gasteiger partial charge in [0, 0.05) is 20.0 Å². The molecule has 13 heavy (non-hydrogen) atoms. The number of likely N-dealkylation sites (N-methyl/N-ethyl adjacent to an activating group) is 1. The van der Waals surface area contributed by atoms with E-state index in [9.17, 15) is 9.59 Å². The molecule has 0 aliphatic rings. The molecule has 0 atom stereocenters. The molecule has 5 heteroatoms. The van der Waals surface area contributed by atoms with Crippen LogP contribution in [0.5, 0.6) is 0 Å². The Hall–Kier alpha value is -1.10. The molecule has 0 saturated carbocycles. The number of nitrogens with one attached hydrogen (secondary N) is 3. The predicted molar refractivity (Wildman–Crippen MR) is 50.2 cm³/mol. The quantitative estimate of drug-likeness (QED) is 0.460. The monoisotopic (exact) mass is 187 g/mol. The van der Waals surface area contributed by atoms with Crippen LogP contribution in [-0.2, 0) is 9.59 Å². The SMILES string of the molecule is CCNCCC(=O)NCC(=O)NC. The van der Waals surface area contributed by atoms with Gasteiger partial charge in [-0.2, -0.15) is 0 Å². The fourth-order valence-electron chi connectivity index (χ4n) is 0.734. The molecule has 0 aliphatic heterocycles. The third kappa shape index (κ3) is 7.27. The molecule has 2 amide bonds. The summed E-state index contributed by atoms with van der Waals surface area (Å²) in [7, 11) is 1.53. The highest BCUT2D eigenvalue weighted by atomic mass is 16.2. The summed E-state index contributed by atoms with van der Waals surface area (Å²) < 4.78 is 0. The molecule has 0 heterocycles. The molecule has 0 rings (SSSR count). The Labute approximate surface area is 78.3 Å². The first-order valence-electron chi connectivity index (χ1n) is 4.38. The summed E-state index contributed by atoms with van der Waals surface area (Å²) in [6.45, 7) is 3.53. The topological polar surface area (TPSA) is 70.2 Å². The molecule has 0 unspecified atom stereocenters. The summed E-state index contributed by atoms with van der Waals surface area (Å²) in [5.74, 6) is -0.290. The molecule has 0 fully saturated rings. The number of carbonyl (C=O) groups excluding carboxylic acids is 2. The Balaban J connectivity index is 3.35. The fourth-order valence-corrected chi connectivity index (χ4v) is 0.734. The van der Waals surface area contributed by atoms with Gasteiger partial charge >= 0.3 is 0 Å². The second-order valence-electron chi connectivity index (χ2n) is 2.55. The predicted octanol–water partition coefficient (Wildman–Crippen LogP) is -1.15. The Bertz CT molecular complexity index is 171. The van der Waals surface area contributed by atoms with Crippen LogP contribution in [0.25, 0.3) is 0 Å². The van der Waals surface area contributed by atoms with Crippen molar-refractivity contribution >= 4 is 11.8 Å². The maximum absolute atomic E-state index is 11.0. The van der Waals surface area contributed by atoms with Gasteiger partial charge in [0.05, 0.1) is 6.54 Å². The van der Waals surface area contributed by atoms with Gasteiger partial charge in [0.2, 0.25) is 11.8 Å². The molecule has 3 N–H and O–H groups in total. The van der Waals surface area contributed by atoms with Gasteiger partial charge in [-0.15, -0.1) is 0 Å². The van der Waals surface area contributed by atoms with Gasteiger partial charge in [-0.3, -0.25) is 9.59 Å². The van der Waals surface area contributed by atoms with Gasteiger partial charge in [-0.1, -0.05) is 6.92 Å². The highest BCUT2D eigenvalue weighted by Gasteiger charge is 2.02. The van der Waals surface area contributed by atoms with E-state index in [0.717, 1.165) is 6.54 Å². The highest BCUT2D eigenvalue weighted by molar-refractivity contribution is 5.84. The summed E-state index contributed by atoms with van der Waals surface area (Å²) in [5, 5.41) is 7.94. The van der Waals surface area contributed by atoms with Crippen molar-refractivity contribution in [3.8, 4) is 0 Å². The van der Waals surface area contributed by atoms with Crippen molar-refractivity contribution in [3.05, 3.63) is 0 Å². The van der Waals surface area contributed by atoms with Crippen LogP contribution in [0, 0.1) is 0 Å². The molecule has 0 aliphatic carbocycles. The lowest BCUT2D eigenvalue weighted by Gasteiger charge is -2.03. The lowest BCUT2D eigenvalue weighted by atomic mass is 10.4. The Morgan fingerprint density at radius 2 is 1.92 bits per heavy atom. The van der Waals surface area contributed by atoms with Crippen LogP contribution in [0.4, 0.5) is 0 Å². The van der Waals surface area contributed by atoms with Crippen LogP contribution in [0.15, 0.2) is 0 Å². The summed E-state index contributed by atoms with van der Waals surface area (Å²) in [6.07, 6.45) is 0.408. The van der Waals surface area contributed by atoms with Crippen molar-refractivity contribution in [3.63, 3.8) is 0 Å². The van der Waals surface area contributed by atoms with Crippen molar-refractivity contribution in [1.82, 2.24) is 16.0 Å². The zero-order valence-corrected chi connectivity index (χ0v) is 8.14. The van der Waals surface area contributed by atoms with Gasteiger partial charge in [-0.05, 0) is 6.54 Å². The van der Waals surface area contributed by atoms with Crippen molar-refractivity contribution < 1.29 is 9.59 Å². The lowest BCUT2D eigenvalue weighted by molar-refractivity contribution is -0.125. The van der Waals surface area contributed by atoms with E-state index in [1.807, 2.05) is 6.92 Å². The fraction of sp³-hybridized carbons (Fsp3) is 0.750. The average Bonchev–Trinajstić information content (AvgIpc) is 2.14. The van der Waals surface area contributed by atoms with Crippen molar-refractivity contribution in [2.75, 3.05) is 26.7 Å². The maximum Gasteiger partial charge on any atom is 0.239 e. The first-order valence-corrected chi connectivity index (χ1v) is 4.38. The number of carbonyl (C=O) groups is 2. The molecule has 0 aromatic heterocycles. The third-order valence-corrected chi connectivity index (χ3v) is 1.50. The van der Waals surface area contributed by atoms with Gasteiger partial charge in [0.25, 0.3) is 0 Å². The van der Waals surface area contributed by atoms with E-state index in [2.05, 4.69) is 16.0 Å². The average molecular weight is 187 g/mol. The number of rotatable bonds is 6. The van der Waals surface area contributed by atoms with Gasteiger partial charge in [0.15, 0.2) is 0 Å². The Kier molecular flexibility index (Phi) is 6.91. The molecule has 0 spiro atoms. The van der Waals surface area contributed by atoms with Crippen molar-refractivity contribution in [2.24, 2.45) is 0 Å². The van der Waals surface area contributed by atoms with E-state index in [1.165, 1.54) is 7.05 Å². The van der Waals surface area contributed by atoms with E-state index in [4.69, 9.17) is 0 Å². The second kappa shape index (κ2) is 7.54. The molecule has 0 radical (unpaired) electrons. The van der Waals surface area contributed by atoms with E-state index in [0.29, 0.717) is 13.0 Å². The molecule has 0 saturated heterocycles. The first-order chi connectivity index (χ1) is 6.20. The largest absolute Gasteiger partial charge is 0.358 e. The Morgan fingerprint density at radius 1 is 1.23 bits per heavy atom. The smallest absolute Gasteiger partial charge is 0.239 e. The summed E-state index contributed by atoms with van der Waals surface area (Å²) in [6, 6.07) is 0. The van der Waals surface area contributed by atoms with Crippen LogP contribution >= 0.6 is 0 Å². The summed E-state index contributed by atoms with van der Waals surface area (Å²) >= 11 is 0. The Morgan fingerprint density at radius 3 is 2.46 bits per heavy atom. The number of hydrogen-bond donors (Lipinski definition) is 3. The number of hydrogen-bond acceptors (Lipinski definition) is 3. The van der Waals surface area contributed by atoms with Crippen LogP contribution in [0.1, 0.15) is 13.3 Å². The maximum atomic E-state index is 11.0. The van der Waals surface area contributed by atoms with E-state index in [-0.39, 0.29) is 18.4 Å². The zero-order chi connectivity index (χ0) is 10.1. The minimum atomic E-state index is -0.184. The van der Waals surface area contributed by atoms with Crippen LogP contribution in [0.3, 0.4) is 0 Å². The molecular weight excluding hydrogens is 170 g/mol. The molecule has 0 aromatic rings. The van der Waals surface area contributed by atoms with E-state index < -0.39 is 0 Å². The molecule has 0 aromatic carbocycles. The van der Waals surface area contributed by atoms with Gasteiger partial charge in [0.1, 0.15) is 0 Å². The van der Waals surface area contributed by atoms with Gasteiger partial charge < -0.3 is 16.0 Å². The van der Waals surface area contributed by atoms with Gasteiger partial charge in [-0.25, -0.2) is 0 Å². The van der Waals surface area contributed by atoms with Crippen LogP contribution < -0.4 is 16.0 Å². The minimum absolute atomic E-state index is 0.0570. The molecule has 76 valence electrons. The van der Waals surface area contributed by atoms with E-state index >= 15 is 0 Å². The number of amides is 2. The van der Waals surface area contributed by atoms with Crippen molar-refractivity contribution in [2.45, 2.75) is 13.3 Å². The van der Waals surface area contributed by atoms with Crippen LogP contribution in [0.2, 0.25) is 0 Å². The summed E-state index contributed by atoms with van der Waals surface area (Å²) in [4.78, 5) is 21.7. The highest BCUT2D eigenvalue weighted by Crippen LogP contribution is 1.76. The zero-order valence-electron chi connectivity index (χ0n) is 8.14.